The van der Waals surface area contributed by atoms with Gasteiger partial charge in [0.25, 0.3) is 0 Å². The molecule has 0 spiro atoms. The van der Waals surface area contributed by atoms with Gasteiger partial charge in [-0.3, -0.25) is 0 Å². The first kappa shape index (κ1) is 14.8. The number of nitrogens with zero attached hydrogens (tertiary/aromatic N) is 1. The molecule has 0 aliphatic heterocycles. The standard InChI is InChI=1S/C15H25N/c1-8-10-16(13(5)6)14(7)15(9-2)11-12(3)4/h9H,3,5,7-8,10-11H2,1-2,4,6H3/b15-9+. The molecule has 16 heavy (non-hydrogen) atoms. The minimum Gasteiger partial charge on any atom is -0.346 e. The molecule has 0 bridgehead atoms. The first-order valence-electron chi connectivity index (χ1n) is 5.85. The Morgan fingerprint density at radius 2 is 1.75 bits per heavy atom. The SMILES string of the molecule is C=C(C)C/C(=C\C)C(=C)N(CCC)C(=C)C. The lowest BCUT2D eigenvalue weighted by Crippen LogP contribution is -2.22. The molecular formula is C15H25N. The van der Waals surface area contributed by atoms with Crippen LogP contribution in [0.3, 0.4) is 0 Å². The van der Waals surface area contributed by atoms with Crippen LogP contribution in [-0.2, 0) is 0 Å². The van der Waals surface area contributed by atoms with Crippen LogP contribution < -0.4 is 0 Å². The van der Waals surface area contributed by atoms with E-state index < -0.39 is 0 Å². The van der Waals surface area contributed by atoms with E-state index in [4.69, 9.17) is 0 Å². The summed E-state index contributed by atoms with van der Waals surface area (Å²) >= 11 is 0. The Morgan fingerprint density at radius 1 is 1.19 bits per heavy atom. The predicted molar refractivity (Wildman–Crippen MR) is 74.1 cm³/mol. The van der Waals surface area contributed by atoms with Crippen molar-refractivity contribution in [3.63, 3.8) is 0 Å². The van der Waals surface area contributed by atoms with Gasteiger partial charge in [-0.1, -0.05) is 38.3 Å². The minimum atomic E-state index is 0.892. The smallest absolute Gasteiger partial charge is 0.0367 e. The largest absolute Gasteiger partial charge is 0.346 e. The third-order valence-corrected chi connectivity index (χ3v) is 2.45. The summed E-state index contributed by atoms with van der Waals surface area (Å²) in [5.41, 5.74) is 4.50. The maximum atomic E-state index is 4.17. The van der Waals surface area contributed by atoms with E-state index in [1.165, 1.54) is 5.57 Å². The highest BCUT2D eigenvalue weighted by Crippen LogP contribution is 2.23. The van der Waals surface area contributed by atoms with Crippen LogP contribution in [0.4, 0.5) is 0 Å². The maximum absolute atomic E-state index is 4.17. The van der Waals surface area contributed by atoms with Crippen LogP contribution >= 0.6 is 0 Å². The van der Waals surface area contributed by atoms with Gasteiger partial charge < -0.3 is 4.90 Å². The van der Waals surface area contributed by atoms with Crippen LogP contribution in [0.5, 0.6) is 0 Å². The van der Waals surface area contributed by atoms with Crippen LogP contribution in [0.15, 0.2) is 48.4 Å². The van der Waals surface area contributed by atoms with Crippen molar-refractivity contribution in [3.8, 4) is 0 Å². The molecule has 0 aliphatic carbocycles. The van der Waals surface area contributed by atoms with E-state index in [0.717, 1.165) is 36.4 Å². The summed E-state index contributed by atoms with van der Waals surface area (Å²) in [5.74, 6) is 0. The summed E-state index contributed by atoms with van der Waals surface area (Å²) in [6, 6.07) is 0. The van der Waals surface area contributed by atoms with E-state index >= 15 is 0 Å². The summed E-state index contributed by atoms with van der Waals surface area (Å²) in [5, 5.41) is 0. The maximum Gasteiger partial charge on any atom is 0.0367 e. The zero-order valence-corrected chi connectivity index (χ0v) is 11.3. The molecule has 0 aromatic rings. The van der Waals surface area contributed by atoms with Crippen molar-refractivity contribution in [1.29, 1.82) is 0 Å². The third kappa shape index (κ3) is 4.52. The number of hydrogen-bond acceptors (Lipinski definition) is 1. The molecule has 0 atom stereocenters. The van der Waals surface area contributed by atoms with Gasteiger partial charge >= 0.3 is 0 Å². The van der Waals surface area contributed by atoms with Crippen molar-refractivity contribution in [2.45, 2.75) is 40.5 Å². The molecule has 0 aliphatic rings. The molecule has 0 aromatic carbocycles. The average molecular weight is 219 g/mol. The quantitative estimate of drug-likeness (QED) is 0.444. The zero-order valence-electron chi connectivity index (χ0n) is 11.3. The molecule has 90 valence electrons. The van der Waals surface area contributed by atoms with E-state index in [2.05, 4.69) is 37.6 Å². The molecule has 0 rings (SSSR count). The summed E-state index contributed by atoms with van der Waals surface area (Å²) < 4.78 is 0. The Kier molecular flexibility index (Phi) is 6.55. The van der Waals surface area contributed by atoms with E-state index in [1.807, 2.05) is 20.8 Å². The molecule has 0 fully saturated rings. The van der Waals surface area contributed by atoms with Crippen molar-refractivity contribution in [1.82, 2.24) is 4.90 Å². The monoisotopic (exact) mass is 219 g/mol. The van der Waals surface area contributed by atoms with Crippen LogP contribution in [0, 0.1) is 0 Å². The van der Waals surface area contributed by atoms with Gasteiger partial charge in [-0.25, -0.2) is 0 Å². The van der Waals surface area contributed by atoms with Crippen molar-refractivity contribution >= 4 is 0 Å². The molecule has 0 heterocycles. The highest BCUT2D eigenvalue weighted by Gasteiger charge is 2.11. The van der Waals surface area contributed by atoms with Crippen molar-refractivity contribution in [2.24, 2.45) is 0 Å². The second kappa shape index (κ2) is 7.10. The van der Waals surface area contributed by atoms with Crippen LogP contribution in [-0.4, -0.2) is 11.4 Å². The van der Waals surface area contributed by atoms with Gasteiger partial charge in [0.2, 0.25) is 0 Å². The molecule has 0 radical (unpaired) electrons. The first-order valence-corrected chi connectivity index (χ1v) is 5.85. The molecule has 0 amide bonds. The normalized spacial score (nSPS) is 11.1. The van der Waals surface area contributed by atoms with Gasteiger partial charge in [-0.05, 0) is 39.2 Å². The van der Waals surface area contributed by atoms with E-state index in [-0.39, 0.29) is 0 Å². The summed E-state index contributed by atoms with van der Waals surface area (Å²) in [6.45, 7) is 21.4. The van der Waals surface area contributed by atoms with Gasteiger partial charge in [-0.15, -0.1) is 0 Å². The van der Waals surface area contributed by atoms with Gasteiger partial charge in [0.05, 0.1) is 0 Å². The average Bonchev–Trinajstić information content (AvgIpc) is 2.20. The predicted octanol–water partition coefficient (Wildman–Crippen LogP) is 4.66. The molecule has 0 saturated heterocycles. The van der Waals surface area contributed by atoms with E-state index in [1.54, 1.807) is 0 Å². The lowest BCUT2D eigenvalue weighted by atomic mass is 10.0. The number of allylic oxidation sites excluding steroid dienone is 4. The van der Waals surface area contributed by atoms with Crippen molar-refractivity contribution in [3.05, 3.63) is 48.4 Å². The van der Waals surface area contributed by atoms with Gasteiger partial charge in [0.15, 0.2) is 0 Å². The highest BCUT2D eigenvalue weighted by molar-refractivity contribution is 5.32. The number of hydrogen-bond donors (Lipinski definition) is 0. The van der Waals surface area contributed by atoms with Crippen molar-refractivity contribution in [2.75, 3.05) is 6.54 Å². The van der Waals surface area contributed by atoms with Crippen LogP contribution in [0.2, 0.25) is 0 Å². The highest BCUT2D eigenvalue weighted by atomic mass is 15.1. The molecule has 0 saturated carbocycles. The fraction of sp³-hybridized carbons (Fsp3) is 0.467. The Balaban J connectivity index is 4.83. The van der Waals surface area contributed by atoms with Gasteiger partial charge in [-0.2, -0.15) is 0 Å². The second-order valence-corrected chi connectivity index (χ2v) is 4.28. The third-order valence-electron chi connectivity index (χ3n) is 2.45. The number of rotatable bonds is 7. The molecule has 1 nitrogen and oxygen atoms in total. The Morgan fingerprint density at radius 3 is 2.06 bits per heavy atom. The molecule has 0 N–H and O–H groups in total. The van der Waals surface area contributed by atoms with Crippen LogP contribution in [0.25, 0.3) is 0 Å². The fourth-order valence-corrected chi connectivity index (χ4v) is 1.65. The van der Waals surface area contributed by atoms with Crippen LogP contribution in [0.1, 0.15) is 40.5 Å². The van der Waals surface area contributed by atoms with Crippen molar-refractivity contribution < 1.29 is 0 Å². The van der Waals surface area contributed by atoms with E-state index in [9.17, 15) is 0 Å². The Labute approximate surface area is 101 Å². The molecule has 0 unspecified atom stereocenters. The molecular weight excluding hydrogens is 194 g/mol. The summed E-state index contributed by atoms with van der Waals surface area (Å²) in [6.07, 6.45) is 4.10. The topological polar surface area (TPSA) is 3.24 Å². The fourth-order valence-electron chi connectivity index (χ4n) is 1.65. The first-order chi connectivity index (χ1) is 7.43. The summed E-state index contributed by atoms with van der Waals surface area (Å²) in [7, 11) is 0. The Bertz CT molecular complexity index is 307. The summed E-state index contributed by atoms with van der Waals surface area (Å²) in [4.78, 5) is 2.18. The van der Waals surface area contributed by atoms with E-state index in [0.29, 0.717) is 0 Å². The molecule has 0 aromatic heterocycles. The van der Waals surface area contributed by atoms with Gasteiger partial charge in [0.1, 0.15) is 0 Å². The minimum absolute atomic E-state index is 0.892. The zero-order chi connectivity index (χ0) is 12.7. The second-order valence-electron chi connectivity index (χ2n) is 4.28. The Hall–Kier alpha value is -1.24. The van der Waals surface area contributed by atoms with Gasteiger partial charge in [0, 0.05) is 17.9 Å². The lowest BCUT2D eigenvalue weighted by Gasteiger charge is -2.28. The molecule has 1 heteroatoms. The lowest BCUT2D eigenvalue weighted by molar-refractivity contribution is 0.434.